The van der Waals surface area contributed by atoms with Crippen LogP contribution in [0.1, 0.15) is 5.56 Å². The minimum atomic E-state index is -3.86. The highest BCUT2D eigenvalue weighted by atomic mass is 32.2. The van der Waals surface area contributed by atoms with Crippen molar-refractivity contribution >= 4 is 15.7 Å². The molecule has 0 fully saturated rings. The SMILES string of the molecule is COc1ccc(N(Cc2ccccc2F)S(=O)(=O)c2ccccc2)cc1. The number of anilines is 1. The molecule has 3 aromatic rings. The van der Waals surface area contributed by atoms with Crippen molar-refractivity contribution in [2.24, 2.45) is 0 Å². The average Bonchev–Trinajstić information content (AvgIpc) is 2.68. The standard InChI is InChI=1S/C20H18FNO3S/c1-25-18-13-11-17(12-14-18)22(15-16-7-5-6-10-20(16)21)26(23,24)19-8-3-2-4-9-19/h2-14H,15H2,1H3. The van der Waals surface area contributed by atoms with E-state index in [1.807, 2.05) is 0 Å². The van der Waals surface area contributed by atoms with E-state index in [0.717, 1.165) is 0 Å². The number of nitrogens with zero attached hydrogens (tertiary/aromatic N) is 1. The molecule has 0 amide bonds. The fourth-order valence-electron chi connectivity index (χ4n) is 2.56. The maximum atomic E-state index is 14.1. The molecule has 3 aromatic carbocycles. The summed E-state index contributed by atoms with van der Waals surface area (Å²) in [5.74, 6) is 0.158. The second-order valence-electron chi connectivity index (χ2n) is 5.61. The maximum absolute atomic E-state index is 14.1. The third-order valence-electron chi connectivity index (χ3n) is 3.96. The molecule has 0 aliphatic rings. The second-order valence-corrected chi connectivity index (χ2v) is 7.48. The molecular formula is C20H18FNO3S. The van der Waals surface area contributed by atoms with Crippen LogP contribution in [0.25, 0.3) is 0 Å². The first kappa shape index (κ1) is 17.9. The van der Waals surface area contributed by atoms with Crippen LogP contribution in [-0.2, 0) is 16.6 Å². The Morgan fingerprint density at radius 3 is 2.12 bits per heavy atom. The van der Waals surface area contributed by atoms with Gasteiger partial charge in [-0.1, -0.05) is 36.4 Å². The molecule has 0 saturated heterocycles. The van der Waals surface area contributed by atoms with Crippen LogP contribution in [0.4, 0.5) is 10.1 Å². The number of sulfonamides is 1. The molecule has 6 heteroatoms. The van der Waals surface area contributed by atoms with Gasteiger partial charge >= 0.3 is 0 Å². The van der Waals surface area contributed by atoms with Crippen molar-refractivity contribution in [1.29, 1.82) is 0 Å². The van der Waals surface area contributed by atoms with Crippen molar-refractivity contribution in [3.8, 4) is 5.75 Å². The minimum Gasteiger partial charge on any atom is -0.497 e. The molecule has 26 heavy (non-hydrogen) atoms. The Hall–Kier alpha value is -2.86. The maximum Gasteiger partial charge on any atom is 0.264 e. The van der Waals surface area contributed by atoms with Gasteiger partial charge in [0, 0.05) is 5.56 Å². The summed E-state index contributed by atoms with van der Waals surface area (Å²) in [5, 5.41) is 0. The van der Waals surface area contributed by atoms with Crippen LogP contribution < -0.4 is 9.04 Å². The molecule has 0 aliphatic heterocycles. The highest BCUT2D eigenvalue weighted by molar-refractivity contribution is 7.92. The third kappa shape index (κ3) is 3.70. The summed E-state index contributed by atoms with van der Waals surface area (Å²) >= 11 is 0. The molecule has 4 nitrogen and oxygen atoms in total. The quantitative estimate of drug-likeness (QED) is 0.651. The molecule has 134 valence electrons. The predicted octanol–water partition coefficient (Wildman–Crippen LogP) is 4.23. The monoisotopic (exact) mass is 371 g/mol. The van der Waals surface area contributed by atoms with E-state index in [9.17, 15) is 12.8 Å². The number of rotatable bonds is 6. The van der Waals surface area contributed by atoms with Crippen LogP contribution in [0.5, 0.6) is 5.75 Å². The van der Waals surface area contributed by atoms with E-state index in [2.05, 4.69) is 0 Å². The zero-order valence-electron chi connectivity index (χ0n) is 14.2. The van der Waals surface area contributed by atoms with E-state index < -0.39 is 15.8 Å². The lowest BCUT2D eigenvalue weighted by atomic mass is 10.2. The molecule has 0 bridgehead atoms. The van der Waals surface area contributed by atoms with Gasteiger partial charge in [-0.15, -0.1) is 0 Å². The van der Waals surface area contributed by atoms with Gasteiger partial charge in [0.1, 0.15) is 11.6 Å². The van der Waals surface area contributed by atoms with Crippen LogP contribution in [0.2, 0.25) is 0 Å². The van der Waals surface area contributed by atoms with E-state index in [0.29, 0.717) is 17.0 Å². The van der Waals surface area contributed by atoms with Gasteiger partial charge in [-0.05, 0) is 42.5 Å². The van der Waals surface area contributed by atoms with Gasteiger partial charge in [0.2, 0.25) is 0 Å². The van der Waals surface area contributed by atoms with Gasteiger partial charge in [0.05, 0.1) is 24.2 Å². The van der Waals surface area contributed by atoms with Crippen LogP contribution >= 0.6 is 0 Å². The highest BCUT2D eigenvalue weighted by Crippen LogP contribution is 2.28. The van der Waals surface area contributed by atoms with Crippen molar-refractivity contribution in [2.45, 2.75) is 11.4 Å². The molecule has 0 aromatic heterocycles. The van der Waals surface area contributed by atoms with Crippen molar-refractivity contribution in [1.82, 2.24) is 0 Å². The zero-order valence-corrected chi connectivity index (χ0v) is 15.0. The van der Waals surface area contributed by atoms with E-state index in [1.165, 1.54) is 29.6 Å². The van der Waals surface area contributed by atoms with Gasteiger partial charge in [-0.25, -0.2) is 12.8 Å². The number of ether oxygens (including phenoxy) is 1. The lowest BCUT2D eigenvalue weighted by Crippen LogP contribution is -2.30. The van der Waals surface area contributed by atoms with Gasteiger partial charge in [-0.3, -0.25) is 4.31 Å². The van der Waals surface area contributed by atoms with Crippen LogP contribution in [0.15, 0.2) is 83.8 Å². The number of methoxy groups -OCH3 is 1. The van der Waals surface area contributed by atoms with Crippen LogP contribution in [0.3, 0.4) is 0 Å². The lowest BCUT2D eigenvalue weighted by molar-refractivity contribution is 0.415. The Kier molecular flexibility index (Phi) is 5.23. The summed E-state index contributed by atoms with van der Waals surface area (Å²) in [5.41, 5.74) is 0.723. The Balaban J connectivity index is 2.08. The van der Waals surface area contributed by atoms with Crippen molar-refractivity contribution in [3.63, 3.8) is 0 Å². The predicted molar refractivity (Wildman–Crippen MR) is 99.2 cm³/mol. The van der Waals surface area contributed by atoms with E-state index in [4.69, 9.17) is 4.74 Å². The molecule has 0 N–H and O–H groups in total. The summed E-state index contributed by atoms with van der Waals surface area (Å²) in [7, 11) is -2.33. The summed E-state index contributed by atoms with van der Waals surface area (Å²) < 4.78 is 46.8. The molecule has 0 saturated carbocycles. The highest BCUT2D eigenvalue weighted by Gasteiger charge is 2.26. The molecule has 0 aliphatic carbocycles. The topological polar surface area (TPSA) is 46.6 Å². The van der Waals surface area contributed by atoms with Gasteiger partial charge in [-0.2, -0.15) is 0 Å². The van der Waals surface area contributed by atoms with E-state index in [-0.39, 0.29) is 11.4 Å². The first-order valence-electron chi connectivity index (χ1n) is 7.97. The third-order valence-corrected chi connectivity index (χ3v) is 5.75. The first-order chi connectivity index (χ1) is 12.5. The summed E-state index contributed by atoms with van der Waals surface area (Å²) in [6, 6.07) is 20.9. The zero-order chi connectivity index (χ0) is 18.6. The van der Waals surface area contributed by atoms with E-state index in [1.54, 1.807) is 60.7 Å². The summed E-state index contributed by atoms with van der Waals surface area (Å²) in [6.07, 6.45) is 0. The molecule has 0 spiro atoms. The normalized spacial score (nSPS) is 11.2. The number of hydrogen-bond acceptors (Lipinski definition) is 3. The second kappa shape index (κ2) is 7.58. The van der Waals surface area contributed by atoms with Crippen LogP contribution in [0, 0.1) is 5.82 Å². The number of halogens is 1. The number of hydrogen-bond donors (Lipinski definition) is 0. The molecule has 0 atom stereocenters. The molecule has 0 radical (unpaired) electrons. The Morgan fingerprint density at radius 2 is 1.50 bits per heavy atom. The van der Waals surface area contributed by atoms with Crippen molar-refractivity contribution in [2.75, 3.05) is 11.4 Å². The summed E-state index contributed by atoms with van der Waals surface area (Å²) in [4.78, 5) is 0.146. The molecule has 3 rings (SSSR count). The Labute approximate surface area is 152 Å². The Morgan fingerprint density at radius 1 is 0.885 bits per heavy atom. The fraction of sp³-hybridized carbons (Fsp3) is 0.100. The van der Waals surface area contributed by atoms with Gasteiger partial charge in [0.15, 0.2) is 0 Å². The minimum absolute atomic E-state index is 0.115. The van der Waals surface area contributed by atoms with Gasteiger partial charge < -0.3 is 4.74 Å². The average molecular weight is 371 g/mol. The number of benzene rings is 3. The molecule has 0 unspecified atom stereocenters. The lowest BCUT2D eigenvalue weighted by Gasteiger charge is -2.25. The van der Waals surface area contributed by atoms with Crippen molar-refractivity contribution in [3.05, 3.63) is 90.2 Å². The van der Waals surface area contributed by atoms with Crippen LogP contribution in [-0.4, -0.2) is 15.5 Å². The van der Waals surface area contributed by atoms with Crippen molar-refractivity contribution < 1.29 is 17.5 Å². The first-order valence-corrected chi connectivity index (χ1v) is 9.41. The Bertz CT molecular complexity index is 973. The van der Waals surface area contributed by atoms with Gasteiger partial charge in [0.25, 0.3) is 10.0 Å². The molecule has 0 heterocycles. The van der Waals surface area contributed by atoms with E-state index >= 15 is 0 Å². The molecular weight excluding hydrogens is 353 g/mol. The fourth-order valence-corrected chi connectivity index (χ4v) is 4.03. The smallest absolute Gasteiger partial charge is 0.264 e. The largest absolute Gasteiger partial charge is 0.497 e. The summed E-state index contributed by atoms with van der Waals surface area (Å²) in [6.45, 7) is -0.115.